The highest BCUT2D eigenvalue weighted by Gasteiger charge is 2.18. The number of aliphatic carboxylic acids is 1. The second-order valence-corrected chi connectivity index (χ2v) is 3.71. The second kappa shape index (κ2) is 9.37. The van der Waals surface area contributed by atoms with Crippen molar-refractivity contribution in [3.63, 3.8) is 0 Å². The number of carboxylic acid groups (broad SMARTS) is 1. The Hall–Kier alpha value is -1.67. The van der Waals surface area contributed by atoms with Gasteiger partial charge in [-0.15, -0.1) is 0 Å². The number of hydrogen-bond acceptors (Lipinski definition) is 5. The topological polar surface area (TPSA) is 148 Å². The van der Waals surface area contributed by atoms with Gasteiger partial charge < -0.3 is 27.2 Å². The monoisotopic (exact) mass is 260 g/mol. The first-order valence-electron chi connectivity index (χ1n) is 5.70. The van der Waals surface area contributed by atoms with E-state index in [0.29, 0.717) is 25.8 Å². The molecule has 18 heavy (non-hydrogen) atoms. The maximum absolute atomic E-state index is 11.0. The van der Waals surface area contributed by atoms with Gasteiger partial charge in [0.2, 0.25) is 11.8 Å². The molecule has 8 nitrogen and oxygen atoms in total. The van der Waals surface area contributed by atoms with Crippen LogP contribution in [0.4, 0.5) is 0 Å². The molecule has 0 saturated carbocycles. The van der Waals surface area contributed by atoms with Gasteiger partial charge in [0, 0.05) is 6.54 Å². The van der Waals surface area contributed by atoms with Crippen LogP contribution in [0.3, 0.4) is 0 Å². The van der Waals surface area contributed by atoms with E-state index in [4.69, 9.17) is 16.6 Å². The summed E-state index contributed by atoms with van der Waals surface area (Å²) in [5.74, 6) is -1.84. The van der Waals surface area contributed by atoms with E-state index in [1.165, 1.54) is 0 Å². The standard InChI is InChI=1S/C10H20N4O4/c11-5-8(15)13-4-2-1-3-7(10(17)18)14-9(16)6-12/h7H,1-6,11-12H2,(H,13,15)(H,14,16)(H,17,18)/t7-/m0/s1. The number of rotatable bonds is 9. The van der Waals surface area contributed by atoms with Crippen molar-refractivity contribution in [2.24, 2.45) is 11.5 Å². The molecule has 0 bridgehead atoms. The largest absolute Gasteiger partial charge is 0.480 e. The molecule has 0 saturated heterocycles. The van der Waals surface area contributed by atoms with Crippen LogP contribution in [0.25, 0.3) is 0 Å². The molecule has 0 unspecified atom stereocenters. The van der Waals surface area contributed by atoms with E-state index in [2.05, 4.69) is 10.6 Å². The molecule has 1 atom stereocenters. The Morgan fingerprint density at radius 1 is 1.06 bits per heavy atom. The lowest BCUT2D eigenvalue weighted by molar-refractivity contribution is -0.141. The summed E-state index contributed by atoms with van der Waals surface area (Å²) in [6.45, 7) is 0.133. The van der Waals surface area contributed by atoms with Gasteiger partial charge in [0.1, 0.15) is 6.04 Å². The zero-order chi connectivity index (χ0) is 14.0. The molecule has 0 aromatic heterocycles. The molecule has 0 rings (SSSR count). The Balaban J connectivity index is 3.81. The maximum Gasteiger partial charge on any atom is 0.326 e. The minimum absolute atomic E-state index is 0.0652. The van der Waals surface area contributed by atoms with E-state index < -0.39 is 17.9 Å². The summed E-state index contributed by atoms with van der Waals surface area (Å²) in [4.78, 5) is 32.6. The third kappa shape index (κ3) is 7.58. The fraction of sp³-hybridized carbons (Fsp3) is 0.700. The quantitative estimate of drug-likeness (QED) is 0.296. The van der Waals surface area contributed by atoms with Gasteiger partial charge in [-0.3, -0.25) is 9.59 Å². The predicted molar refractivity (Wildman–Crippen MR) is 64.5 cm³/mol. The predicted octanol–water partition coefficient (Wildman–Crippen LogP) is -2.24. The van der Waals surface area contributed by atoms with Crippen LogP contribution < -0.4 is 22.1 Å². The third-order valence-corrected chi connectivity index (χ3v) is 2.25. The average molecular weight is 260 g/mol. The van der Waals surface area contributed by atoms with Crippen LogP contribution in [0.1, 0.15) is 19.3 Å². The van der Waals surface area contributed by atoms with E-state index in [1.807, 2.05) is 0 Å². The summed E-state index contributed by atoms with van der Waals surface area (Å²) in [6.07, 6.45) is 1.47. The number of carbonyl (C=O) groups excluding carboxylic acids is 2. The molecular formula is C10H20N4O4. The van der Waals surface area contributed by atoms with E-state index >= 15 is 0 Å². The van der Waals surface area contributed by atoms with Gasteiger partial charge in [0.05, 0.1) is 13.1 Å². The Morgan fingerprint density at radius 2 is 1.67 bits per heavy atom. The van der Waals surface area contributed by atoms with Crippen molar-refractivity contribution in [1.29, 1.82) is 0 Å². The van der Waals surface area contributed by atoms with E-state index in [-0.39, 0.29) is 19.0 Å². The molecule has 0 aromatic rings. The number of hydrogen-bond donors (Lipinski definition) is 5. The van der Waals surface area contributed by atoms with E-state index in [0.717, 1.165) is 0 Å². The Labute approximate surface area is 105 Å². The molecule has 2 amide bonds. The first kappa shape index (κ1) is 16.3. The molecule has 7 N–H and O–H groups in total. The molecule has 104 valence electrons. The lowest BCUT2D eigenvalue weighted by atomic mass is 10.1. The number of nitrogens with one attached hydrogen (secondary N) is 2. The highest BCUT2D eigenvalue weighted by Crippen LogP contribution is 2.01. The molecule has 0 aliphatic heterocycles. The SMILES string of the molecule is NCC(=O)NCCCC[C@H](NC(=O)CN)C(=O)O. The summed E-state index contributed by atoms with van der Waals surface area (Å²) in [7, 11) is 0. The Kier molecular flexibility index (Phi) is 8.50. The number of carboxylic acids is 1. The average Bonchev–Trinajstić information content (AvgIpc) is 2.35. The first-order valence-corrected chi connectivity index (χ1v) is 5.70. The summed E-state index contributed by atoms with van der Waals surface area (Å²) in [5.41, 5.74) is 10.2. The van der Waals surface area contributed by atoms with Crippen molar-refractivity contribution in [2.75, 3.05) is 19.6 Å². The van der Waals surface area contributed by atoms with E-state index in [9.17, 15) is 14.4 Å². The fourth-order valence-corrected chi connectivity index (χ4v) is 1.28. The molecule has 8 heteroatoms. The Bertz CT molecular complexity index is 296. The number of nitrogens with two attached hydrogens (primary N) is 2. The second-order valence-electron chi connectivity index (χ2n) is 3.71. The van der Waals surface area contributed by atoms with Crippen LogP contribution in [0, 0.1) is 0 Å². The number of unbranched alkanes of at least 4 members (excludes halogenated alkanes) is 1. The van der Waals surface area contributed by atoms with Crippen molar-refractivity contribution in [3.05, 3.63) is 0 Å². The van der Waals surface area contributed by atoms with Gasteiger partial charge in [-0.1, -0.05) is 0 Å². The minimum atomic E-state index is -1.09. The van der Waals surface area contributed by atoms with Crippen molar-refractivity contribution in [2.45, 2.75) is 25.3 Å². The molecule has 0 aliphatic carbocycles. The Morgan fingerprint density at radius 3 is 2.17 bits per heavy atom. The molecule has 0 heterocycles. The van der Waals surface area contributed by atoms with E-state index in [1.54, 1.807) is 0 Å². The first-order chi connectivity index (χ1) is 8.51. The third-order valence-electron chi connectivity index (χ3n) is 2.25. The van der Waals surface area contributed by atoms with Gasteiger partial charge in [-0.2, -0.15) is 0 Å². The van der Waals surface area contributed by atoms with Crippen molar-refractivity contribution < 1.29 is 19.5 Å². The smallest absolute Gasteiger partial charge is 0.326 e. The molecule has 0 aromatic carbocycles. The lowest BCUT2D eigenvalue weighted by Gasteiger charge is -2.13. The van der Waals surface area contributed by atoms with Gasteiger partial charge in [0.25, 0.3) is 0 Å². The van der Waals surface area contributed by atoms with Crippen LogP contribution in [0.2, 0.25) is 0 Å². The molecular weight excluding hydrogens is 240 g/mol. The van der Waals surface area contributed by atoms with Gasteiger partial charge in [0.15, 0.2) is 0 Å². The molecule has 0 radical (unpaired) electrons. The summed E-state index contributed by atoms with van der Waals surface area (Å²) < 4.78 is 0. The van der Waals surface area contributed by atoms with Crippen LogP contribution >= 0.6 is 0 Å². The van der Waals surface area contributed by atoms with Gasteiger partial charge >= 0.3 is 5.97 Å². The molecule has 0 aliphatic rings. The normalized spacial score (nSPS) is 11.7. The maximum atomic E-state index is 11.0. The minimum Gasteiger partial charge on any atom is -0.480 e. The summed E-state index contributed by atoms with van der Waals surface area (Å²) in [6, 6.07) is -0.939. The molecule has 0 spiro atoms. The van der Waals surface area contributed by atoms with Crippen molar-refractivity contribution in [3.8, 4) is 0 Å². The van der Waals surface area contributed by atoms with Gasteiger partial charge in [-0.25, -0.2) is 4.79 Å². The fourth-order valence-electron chi connectivity index (χ4n) is 1.28. The van der Waals surface area contributed by atoms with Crippen LogP contribution in [-0.4, -0.2) is 48.6 Å². The molecule has 0 fully saturated rings. The van der Waals surface area contributed by atoms with Crippen LogP contribution in [0.15, 0.2) is 0 Å². The summed E-state index contributed by atoms with van der Waals surface area (Å²) in [5, 5.41) is 13.7. The van der Waals surface area contributed by atoms with Crippen LogP contribution in [-0.2, 0) is 14.4 Å². The summed E-state index contributed by atoms with van der Waals surface area (Å²) >= 11 is 0. The zero-order valence-corrected chi connectivity index (χ0v) is 10.1. The van der Waals surface area contributed by atoms with Crippen molar-refractivity contribution >= 4 is 17.8 Å². The van der Waals surface area contributed by atoms with Crippen molar-refractivity contribution in [1.82, 2.24) is 10.6 Å². The number of carbonyl (C=O) groups is 3. The zero-order valence-electron chi connectivity index (χ0n) is 10.1. The van der Waals surface area contributed by atoms with Gasteiger partial charge in [-0.05, 0) is 19.3 Å². The highest BCUT2D eigenvalue weighted by molar-refractivity contribution is 5.84. The highest BCUT2D eigenvalue weighted by atomic mass is 16.4. The lowest BCUT2D eigenvalue weighted by Crippen LogP contribution is -2.43. The van der Waals surface area contributed by atoms with Crippen LogP contribution in [0.5, 0.6) is 0 Å². The number of amides is 2.